The van der Waals surface area contributed by atoms with Gasteiger partial charge in [-0.25, -0.2) is 0 Å². The Morgan fingerprint density at radius 1 is 0.860 bits per heavy atom. The zero-order valence-corrected chi connectivity index (χ0v) is 32.6. The van der Waals surface area contributed by atoms with Crippen LogP contribution in [0.1, 0.15) is 88.1 Å². The normalized spacial score (nSPS) is 24.0. The van der Waals surface area contributed by atoms with Gasteiger partial charge in [0.15, 0.2) is 22.4 Å². The van der Waals surface area contributed by atoms with Gasteiger partial charge < -0.3 is 27.8 Å². The van der Waals surface area contributed by atoms with E-state index in [4.69, 9.17) is 27.8 Å². The van der Waals surface area contributed by atoms with Crippen LogP contribution in [-0.4, -0.2) is 61.1 Å². The molecular weight excluding hydrogens is 573 g/mol. The van der Waals surface area contributed by atoms with Gasteiger partial charge in [0, 0.05) is 31.0 Å². The van der Waals surface area contributed by atoms with Gasteiger partial charge >= 0.3 is 0 Å². The molecule has 6 atom stereocenters. The van der Waals surface area contributed by atoms with Crippen molar-refractivity contribution in [3.05, 3.63) is 29.8 Å². The molecule has 0 bridgehead atoms. The average Bonchev–Trinajstić information content (AvgIpc) is 2.88. The quantitative estimate of drug-likeness (QED) is 0.149. The van der Waals surface area contributed by atoms with E-state index in [1.165, 1.54) is 0 Å². The van der Waals surface area contributed by atoms with Crippen LogP contribution in [0.5, 0.6) is 5.75 Å². The van der Waals surface area contributed by atoms with Gasteiger partial charge in [-0.2, -0.15) is 0 Å². The van der Waals surface area contributed by atoms with Crippen molar-refractivity contribution in [1.29, 1.82) is 0 Å². The molecule has 0 radical (unpaired) electrons. The average molecular weight is 639 g/mol. The molecule has 1 aromatic carbocycles. The van der Waals surface area contributed by atoms with E-state index in [-0.39, 0.29) is 46.1 Å². The molecule has 1 saturated heterocycles. The first-order chi connectivity index (χ1) is 19.5. The van der Waals surface area contributed by atoms with Crippen LogP contribution in [0.2, 0.25) is 36.3 Å². The highest BCUT2D eigenvalue weighted by atomic mass is 28.4. The Morgan fingerprint density at radius 3 is 1.91 bits per heavy atom. The highest BCUT2D eigenvalue weighted by Gasteiger charge is 2.49. The van der Waals surface area contributed by atoms with Crippen LogP contribution in [0.25, 0.3) is 0 Å². The molecule has 0 spiro atoms. The van der Waals surface area contributed by atoms with Crippen molar-refractivity contribution in [2.24, 2.45) is 17.8 Å². The van der Waals surface area contributed by atoms with Crippen LogP contribution in [0.3, 0.4) is 0 Å². The number of benzene rings is 1. The fourth-order valence-corrected chi connectivity index (χ4v) is 7.82. The molecule has 1 aliphatic heterocycles. The third kappa shape index (κ3) is 10.7. The Bertz CT molecular complexity index is 980. The Kier molecular flexibility index (Phi) is 13.2. The maximum atomic E-state index is 7.14. The number of ether oxygens (including phenoxy) is 4. The molecule has 1 fully saturated rings. The summed E-state index contributed by atoms with van der Waals surface area (Å²) in [4.78, 5) is 0. The van der Waals surface area contributed by atoms with E-state index >= 15 is 0 Å². The standard InChI is InChI=1S/C35H66O6Si2/c1-25(23-38-42(13,14)33(4,5)6)31-27(3)32(40-35(10,11)39-31)26(2)30(41-43(15,16)34(7,8)9)21-22-37-24-28-17-19-29(36-12)20-18-28/h17-20,25-27,30-32H,21-24H2,1-16H3/t25-,26+,27-,30+,31+,32-/m0/s1. The van der Waals surface area contributed by atoms with Gasteiger partial charge in [0.1, 0.15) is 5.75 Å². The summed E-state index contributed by atoms with van der Waals surface area (Å²) in [7, 11) is -2.22. The molecule has 6 nitrogen and oxygen atoms in total. The lowest BCUT2D eigenvalue weighted by atomic mass is 9.80. The highest BCUT2D eigenvalue weighted by Crippen LogP contribution is 2.43. The Labute approximate surface area is 267 Å². The van der Waals surface area contributed by atoms with Crippen LogP contribution in [0.15, 0.2) is 24.3 Å². The van der Waals surface area contributed by atoms with E-state index in [2.05, 4.69) is 114 Å². The summed E-state index contributed by atoms with van der Waals surface area (Å²) in [5.41, 5.74) is 1.13. The van der Waals surface area contributed by atoms with E-state index in [9.17, 15) is 0 Å². The third-order valence-electron chi connectivity index (χ3n) is 10.3. The fraction of sp³-hybridized carbons (Fsp3) is 0.829. The maximum Gasteiger partial charge on any atom is 0.192 e. The van der Waals surface area contributed by atoms with Crippen molar-refractivity contribution in [2.75, 3.05) is 20.3 Å². The summed E-state index contributed by atoms with van der Waals surface area (Å²) >= 11 is 0. The first-order valence-corrected chi connectivity index (χ1v) is 22.2. The Morgan fingerprint density at radius 2 is 1.40 bits per heavy atom. The minimum atomic E-state index is -2.05. The lowest BCUT2D eigenvalue weighted by Crippen LogP contribution is -2.57. The molecule has 0 N–H and O–H groups in total. The second kappa shape index (κ2) is 14.8. The first kappa shape index (κ1) is 38.4. The minimum absolute atomic E-state index is 0.0116. The summed E-state index contributed by atoms with van der Waals surface area (Å²) in [6.45, 7) is 36.0. The van der Waals surface area contributed by atoms with E-state index in [0.29, 0.717) is 19.8 Å². The zero-order chi connectivity index (χ0) is 33.0. The summed E-state index contributed by atoms with van der Waals surface area (Å²) in [5.74, 6) is 0.760. The summed E-state index contributed by atoms with van der Waals surface area (Å²) in [6.07, 6.45) is 0.839. The van der Waals surface area contributed by atoms with Crippen LogP contribution in [0.4, 0.5) is 0 Å². The molecule has 2 rings (SSSR count). The predicted octanol–water partition coefficient (Wildman–Crippen LogP) is 9.44. The molecule has 0 aromatic heterocycles. The SMILES string of the molecule is COc1ccc(COCC[C@@H](O[Si](C)(C)C(C)(C)C)[C@@H](C)[C@@H]2OC(C)(C)O[C@H]([C@@H](C)CO[Si](C)(C)C(C)(C)C)[C@@H]2C)cc1. The summed E-state index contributed by atoms with van der Waals surface area (Å²) < 4.78 is 38.7. The Hall–Kier alpha value is -0.746. The molecule has 0 aliphatic carbocycles. The largest absolute Gasteiger partial charge is 0.497 e. The predicted molar refractivity (Wildman–Crippen MR) is 184 cm³/mol. The highest BCUT2D eigenvalue weighted by molar-refractivity contribution is 6.74. The van der Waals surface area contributed by atoms with Crippen LogP contribution in [0, 0.1) is 17.8 Å². The number of rotatable bonds is 14. The number of methoxy groups -OCH3 is 1. The second-order valence-electron chi connectivity index (χ2n) is 16.4. The van der Waals surface area contributed by atoms with Gasteiger partial charge in [-0.05, 0) is 74.2 Å². The van der Waals surface area contributed by atoms with Crippen molar-refractivity contribution >= 4 is 16.6 Å². The lowest BCUT2D eigenvalue weighted by molar-refractivity contribution is -0.338. The van der Waals surface area contributed by atoms with Gasteiger partial charge in [0.2, 0.25) is 0 Å². The van der Waals surface area contributed by atoms with E-state index < -0.39 is 22.4 Å². The molecule has 1 heterocycles. The third-order valence-corrected chi connectivity index (χ3v) is 19.3. The molecule has 0 unspecified atom stereocenters. The number of hydrogen-bond acceptors (Lipinski definition) is 6. The van der Waals surface area contributed by atoms with Crippen LogP contribution >= 0.6 is 0 Å². The van der Waals surface area contributed by atoms with E-state index in [1.54, 1.807) is 7.11 Å². The summed E-state index contributed by atoms with van der Waals surface area (Å²) in [6, 6.07) is 8.07. The van der Waals surface area contributed by atoms with Crippen molar-refractivity contribution in [3.8, 4) is 5.75 Å². The minimum Gasteiger partial charge on any atom is -0.497 e. The van der Waals surface area contributed by atoms with Crippen molar-refractivity contribution in [1.82, 2.24) is 0 Å². The first-order valence-electron chi connectivity index (χ1n) is 16.4. The van der Waals surface area contributed by atoms with E-state index in [0.717, 1.165) is 17.7 Å². The van der Waals surface area contributed by atoms with Gasteiger partial charge in [-0.15, -0.1) is 0 Å². The maximum absolute atomic E-state index is 7.14. The second-order valence-corrected chi connectivity index (χ2v) is 26.0. The molecule has 0 saturated carbocycles. The fourth-order valence-electron chi connectivity index (χ4n) is 5.26. The molecule has 0 amide bonds. The summed E-state index contributed by atoms with van der Waals surface area (Å²) in [5, 5.41) is 0.281. The molecular formula is C35H66O6Si2. The van der Waals surface area contributed by atoms with Crippen LogP contribution < -0.4 is 4.74 Å². The van der Waals surface area contributed by atoms with Gasteiger partial charge in [-0.3, -0.25) is 0 Å². The lowest BCUT2D eigenvalue weighted by Gasteiger charge is -2.51. The Balaban J connectivity index is 2.22. The van der Waals surface area contributed by atoms with Crippen LogP contribution in [-0.2, 0) is 29.7 Å². The van der Waals surface area contributed by atoms with Gasteiger partial charge in [0.25, 0.3) is 0 Å². The smallest absolute Gasteiger partial charge is 0.192 e. The molecule has 1 aromatic rings. The zero-order valence-electron chi connectivity index (χ0n) is 30.6. The van der Waals surface area contributed by atoms with Gasteiger partial charge in [-0.1, -0.05) is 74.4 Å². The number of hydrogen-bond donors (Lipinski definition) is 0. The monoisotopic (exact) mass is 638 g/mol. The molecule has 1 aliphatic rings. The molecule has 43 heavy (non-hydrogen) atoms. The topological polar surface area (TPSA) is 55.4 Å². The molecule has 250 valence electrons. The van der Waals surface area contributed by atoms with Gasteiger partial charge in [0.05, 0.1) is 32.0 Å². The van der Waals surface area contributed by atoms with Crippen molar-refractivity contribution in [2.45, 2.75) is 150 Å². The van der Waals surface area contributed by atoms with Crippen molar-refractivity contribution in [3.63, 3.8) is 0 Å². The molecule has 8 heteroatoms. The van der Waals surface area contributed by atoms with E-state index in [1.807, 2.05) is 12.1 Å². The van der Waals surface area contributed by atoms with Crippen molar-refractivity contribution < 1.29 is 27.8 Å².